The van der Waals surface area contributed by atoms with Crippen molar-refractivity contribution in [1.29, 1.82) is 0 Å². The lowest BCUT2D eigenvalue weighted by atomic mass is 9.97. The monoisotopic (exact) mass is 301 g/mol. The first kappa shape index (κ1) is 19.7. The number of alkyl carbamates (subject to hydrolysis) is 1. The molecular formula is C16H31NO4. The Hall–Kier alpha value is -1.26. The molecule has 0 spiro atoms. The molecule has 0 atom stereocenters. The summed E-state index contributed by atoms with van der Waals surface area (Å²) < 4.78 is 9.92. The highest BCUT2D eigenvalue weighted by atomic mass is 16.6. The van der Waals surface area contributed by atoms with Crippen LogP contribution >= 0.6 is 0 Å². The largest absolute Gasteiger partial charge is 0.462 e. The molecule has 0 fully saturated rings. The highest BCUT2D eigenvalue weighted by molar-refractivity contribution is 5.75. The second-order valence-electron chi connectivity index (χ2n) is 6.22. The minimum atomic E-state index is -0.528. The maximum absolute atomic E-state index is 11.4. The Morgan fingerprint density at radius 2 is 1.48 bits per heavy atom. The van der Waals surface area contributed by atoms with Crippen LogP contribution < -0.4 is 5.32 Å². The number of hydrogen-bond acceptors (Lipinski definition) is 4. The molecule has 1 amide bonds. The van der Waals surface area contributed by atoms with Crippen molar-refractivity contribution in [1.82, 2.24) is 5.32 Å². The van der Waals surface area contributed by atoms with Gasteiger partial charge in [-0.05, 0) is 27.2 Å². The van der Waals surface area contributed by atoms with Crippen LogP contribution in [0.1, 0.15) is 66.2 Å². The highest BCUT2D eigenvalue weighted by Gasteiger charge is 2.22. The van der Waals surface area contributed by atoms with E-state index in [1.807, 2.05) is 0 Å². The van der Waals surface area contributed by atoms with E-state index in [2.05, 4.69) is 12.2 Å². The fourth-order valence-electron chi connectivity index (χ4n) is 1.63. The molecule has 0 saturated carbocycles. The van der Waals surface area contributed by atoms with Crippen LogP contribution in [-0.2, 0) is 14.3 Å². The van der Waals surface area contributed by atoms with E-state index in [0.717, 1.165) is 12.8 Å². The van der Waals surface area contributed by atoms with E-state index in [1.54, 1.807) is 20.8 Å². The van der Waals surface area contributed by atoms with Crippen LogP contribution in [-0.4, -0.2) is 31.8 Å². The molecule has 0 aromatic rings. The zero-order valence-corrected chi connectivity index (χ0v) is 14.0. The summed E-state index contributed by atoms with van der Waals surface area (Å²) in [5.41, 5.74) is -0.528. The van der Waals surface area contributed by atoms with Gasteiger partial charge in [-0.3, -0.25) is 4.79 Å². The molecule has 124 valence electrons. The van der Waals surface area contributed by atoms with Gasteiger partial charge in [-0.25, -0.2) is 4.79 Å². The molecule has 1 N–H and O–H groups in total. The smallest absolute Gasteiger partial charge is 0.407 e. The van der Waals surface area contributed by atoms with Crippen molar-refractivity contribution in [3.8, 4) is 0 Å². The Morgan fingerprint density at radius 3 is 2.10 bits per heavy atom. The van der Waals surface area contributed by atoms with E-state index < -0.39 is 11.5 Å². The Bertz CT molecular complexity index is 297. The van der Waals surface area contributed by atoms with E-state index in [9.17, 15) is 9.59 Å². The van der Waals surface area contributed by atoms with Crippen LogP contribution in [0.25, 0.3) is 0 Å². The molecule has 21 heavy (non-hydrogen) atoms. The summed E-state index contributed by atoms with van der Waals surface area (Å²) >= 11 is 0. The molecule has 5 heteroatoms. The molecule has 0 rings (SSSR count). The van der Waals surface area contributed by atoms with Crippen LogP contribution in [0.3, 0.4) is 0 Å². The van der Waals surface area contributed by atoms with E-state index >= 15 is 0 Å². The van der Waals surface area contributed by atoms with E-state index in [-0.39, 0.29) is 19.2 Å². The van der Waals surface area contributed by atoms with Gasteiger partial charge < -0.3 is 14.8 Å². The van der Waals surface area contributed by atoms with Gasteiger partial charge in [-0.1, -0.05) is 39.0 Å². The maximum atomic E-state index is 11.4. The Kier molecular flexibility index (Phi) is 10.7. The quantitative estimate of drug-likeness (QED) is 0.494. The van der Waals surface area contributed by atoms with Crippen molar-refractivity contribution in [2.45, 2.75) is 66.2 Å². The third-order valence-electron chi connectivity index (χ3n) is 2.96. The van der Waals surface area contributed by atoms with Crippen LogP contribution in [0.15, 0.2) is 0 Å². The van der Waals surface area contributed by atoms with Gasteiger partial charge in [0.1, 0.15) is 13.2 Å². The SMILES string of the molecule is CCCCCCCCNC(=O)OCCOC(=O)C(C)(C)C. The van der Waals surface area contributed by atoms with Crippen LogP contribution in [0.4, 0.5) is 4.79 Å². The van der Waals surface area contributed by atoms with Gasteiger partial charge in [-0.15, -0.1) is 0 Å². The number of carbonyl (C=O) groups is 2. The molecule has 0 aliphatic rings. The first-order valence-electron chi connectivity index (χ1n) is 7.95. The lowest BCUT2D eigenvalue weighted by Gasteiger charge is -2.16. The predicted octanol–water partition coefficient (Wildman–Crippen LogP) is 3.66. The summed E-state index contributed by atoms with van der Waals surface area (Å²) in [4.78, 5) is 22.8. The van der Waals surface area contributed by atoms with Gasteiger partial charge in [0, 0.05) is 6.54 Å². The van der Waals surface area contributed by atoms with Gasteiger partial charge >= 0.3 is 12.1 Å². The highest BCUT2D eigenvalue weighted by Crippen LogP contribution is 2.14. The number of hydrogen-bond donors (Lipinski definition) is 1. The topological polar surface area (TPSA) is 64.6 Å². The molecule has 5 nitrogen and oxygen atoms in total. The van der Waals surface area contributed by atoms with E-state index in [4.69, 9.17) is 9.47 Å². The molecule has 0 bridgehead atoms. The molecule has 0 saturated heterocycles. The van der Waals surface area contributed by atoms with Gasteiger partial charge in [0.2, 0.25) is 0 Å². The average Bonchev–Trinajstić information content (AvgIpc) is 2.41. The van der Waals surface area contributed by atoms with Gasteiger partial charge in [0.25, 0.3) is 0 Å². The predicted molar refractivity (Wildman–Crippen MR) is 83.1 cm³/mol. The molecule has 0 aromatic heterocycles. The molecule has 0 aromatic carbocycles. The summed E-state index contributed by atoms with van der Waals surface area (Å²) in [6.45, 7) is 8.35. The number of esters is 1. The number of nitrogens with one attached hydrogen (secondary N) is 1. The first-order valence-corrected chi connectivity index (χ1v) is 7.95. The third-order valence-corrected chi connectivity index (χ3v) is 2.96. The molecule has 0 aliphatic carbocycles. The zero-order chi connectivity index (χ0) is 16.1. The second kappa shape index (κ2) is 11.4. The summed E-state index contributed by atoms with van der Waals surface area (Å²) in [6.07, 6.45) is 6.65. The summed E-state index contributed by atoms with van der Waals surface area (Å²) in [6, 6.07) is 0. The van der Waals surface area contributed by atoms with Gasteiger partial charge in [0.15, 0.2) is 0 Å². The molecule has 0 heterocycles. The molecular weight excluding hydrogens is 270 g/mol. The summed E-state index contributed by atoms with van der Waals surface area (Å²) in [5.74, 6) is -0.293. The van der Waals surface area contributed by atoms with E-state index in [1.165, 1.54) is 25.7 Å². The minimum absolute atomic E-state index is 0.0875. The molecule has 0 radical (unpaired) electrons. The number of unbranched alkanes of at least 4 members (excludes halogenated alkanes) is 5. The fraction of sp³-hybridized carbons (Fsp3) is 0.875. The normalized spacial score (nSPS) is 11.0. The van der Waals surface area contributed by atoms with Crippen LogP contribution in [0.2, 0.25) is 0 Å². The van der Waals surface area contributed by atoms with Crippen LogP contribution in [0, 0.1) is 5.41 Å². The summed E-state index contributed by atoms with van der Waals surface area (Å²) in [7, 11) is 0. The van der Waals surface area contributed by atoms with Gasteiger partial charge in [0.05, 0.1) is 5.41 Å². The number of carbonyl (C=O) groups excluding carboxylic acids is 2. The maximum Gasteiger partial charge on any atom is 0.407 e. The Labute approximate surface area is 128 Å². The third kappa shape index (κ3) is 12.2. The standard InChI is InChI=1S/C16H31NO4/c1-5-6-7-8-9-10-11-17-15(19)21-13-12-20-14(18)16(2,3)4/h5-13H2,1-4H3,(H,17,19). The van der Waals surface area contributed by atoms with Gasteiger partial charge in [-0.2, -0.15) is 0 Å². The van der Waals surface area contributed by atoms with Crippen molar-refractivity contribution in [2.24, 2.45) is 5.41 Å². The van der Waals surface area contributed by atoms with Crippen molar-refractivity contribution in [3.63, 3.8) is 0 Å². The lowest BCUT2D eigenvalue weighted by molar-refractivity contribution is -0.153. The Morgan fingerprint density at radius 1 is 0.905 bits per heavy atom. The Balaban J connectivity index is 3.41. The van der Waals surface area contributed by atoms with Crippen LogP contribution in [0.5, 0.6) is 0 Å². The summed E-state index contributed by atoms with van der Waals surface area (Å²) in [5, 5.41) is 2.69. The second-order valence-corrected chi connectivity index (χ2v) is 6.22. The van der Waals surface area contributed by atoms with E-state index in [0.29, 0.717) is 6.54 Å². The number of amides is 1. The zero-order valence-electron chi connectivity index (χ0n) is 14.0. The number of ether oxygens (including phenoxy) is 2. The van der Waals surface area contributed by atoms with Crippen molar-refractivity contribution < 1.29 is 19.1 Å². The fourth-order valence-corrected chi connectivity index (χ4v) is 1.63. The van der Waals surface area contributed by atoms with Crippen molar-refractivity contribution in [3.05, 3.63) is 0 Å². The first-order chi connectivity index (χ1) is 9.88. The van der Waals surface area contributed by atoms with Crippen molar-refractivity contribution in [2.75, 3.05) is 19.8 Å². The number of rotatable bonds is 10. The lowest BCUT2D eigenvalue weighted by Crippen LogP contribution is -2.28. The minimum Gasteiger partial charge on any atom is -0.462 e. The molecule has 0 unspecified atom stereocenters. The molecule has 0 aliphatic heterocycles. The average molecular weight is 301 g/mol. The van der Waals surface area contributed by atoms with Crippen molar-refractivity contribution >= 4 is 12.1 Å².